The minimum absolute atomic E-state index is 0.0602. The van der Waals surface area contributed by atoms with E-state index in [9.17, 15) is 0 Å². The summed E-state index contributed by atoms with van der Waals surface area (Å²) in [5.74, 6) is 0. The van der Waals surface area contributed by atoms with Crippen molar-refractivity contribution in [1.82, 2.24) is 0 Å². The maximum Gasteiger partial charge on any atom is 0.200 e. The van der Waals surface area contributed by atoms with Crippen molar-refractivity contribution < 1.29 is 10.2 Å². The lowest BCUT2D eigenvalue weighted by Gasteiger charge is -1.83. The molecular formula is C7H14O2S2. The zero-order valence-electron chi connectivity index (χ0n) is 6.83. The zero-order chi connectivity index (χ0) is 8.69. The Morgan fingerprint density at radius 2 is 1.45 bits per heavy atom. The van der Waals surface area contributed by atoms with Gasteiger partial charge in [-0.25, -0.2) is 0 Å². The molecule has 0 amide bonds. The lowest BCUT2D eigenvalue weighted by molar-refractivity contribution is 0.385. The molecule has 4 heteroatoms. The molecule has 0 aromatic heterocycles. The molecule has 2 nitrogen and oxygen atoms in total. The van der Waals surface area contributed by atoms with E-state index >= 15 is 0 Å². The maximum atomic E-state index is 8.57. The number of aliphatic hydroxyl groups excluding tert-OH is 2. The van der Waals surface area contributed by atoms with Gasteiger partial charge in [0.15, 0.2) is 0 Å². The first-order valence-electron chi connectivity index (χ1n) is 3.60. The Morgan fingerprint density at radius 1 is 1.09 bits per heavy atom. The van der Waals surface area contributed by atoms with Gasteiger partial charge in [-0.05, 0) is 0 Å². The fourth-order valence-electron chi connectivity index (χ4n) is 0.265. The molecule has 0 saturated heterocycles. The van der Waals surface area contributed by atoms with Gasteiger partial charge in [0.2, 0.25) is 10.2 Å². The van der Waals surface area contributed by atoms with Crippen LogP contribution in [0.2, 0.25) is 0 Å². The van der Waals surface area contributed by atoms with E-state index in [0.717, 1.165) is 5.08 Å². The lowest BCUT2D eigenvalue weighted by Crippen LogP contribution is -1.69. The normalized spacial score (nSPS) is 16.2. The molecule has 66 valence electrons. The molecule has 0 bridgehead atoms. The summed E-state index contributed by atoms with van der Waals surface area (Å²) in [7, 11) is 0. The van der Waals surface area contributed by atoms with E-state index in [1.165, 1.54) is 36.4 Å². The first kappa shape index (κ1) is 11.0. The molecule has 0 fully saturated rings. The molecule has 1 heterocycles. The summed E-state index contributed by atoms with van der Waals surface area (Å²) in [6.07, 6.45) is 2.64. The third-order valence-corrected chi connectivity index (χ3v) is 3.08. The molecule has 0 radical (unpaired) electrons. The second-order valence-corrected chi connectivity index (χ2v) is 4.31. The quantitative estimate of drug-likeness (QED) is 0.670. The van der Waals surface area contributed by atoms with Crippen LogP contribution in [0.3, 0.4) is 0 Å². The van der Waals surface area contributed by atoms with Crippen LogP contribution in [0.15, 0.2) is 10.2 Å². The molecule has 1 rings (SSSR count). The van der Waals surface area contributed by atoms with E-state index in [2.05, 4.69) is 13.8 Å². The Hall–Kier alpha value is 0.0400. The Morgan fingerprint density at radius 3 is 1.55 bits per heavy atom. The monoisotopic (exact) mass is 194 g/mol. The minimum Gasteiger partial charge on any atom is -0.499 e. The Bertz CT molecular complexity index is 120. The van der Waals surface area contributed by atoms with Crippen molar-refractivity contribution in [2.24, 2.45) is 0 Å². The third-order valence-electron chi connectivity index (χ3n) is 1.07. The van der Waals surface area contributed by atoms with E-state index < -0.39 is 0 Å². The molecule has 1 aliphatic rings. The van der Waals surface area contributed by atoms with Gasteiger partial charge in [-0.2, -0.15) is 0 Å². The minimum atomic E-state index is 0.0602. The predicted molar refractivity (Wildman–Crippen MR) is 52.9 cm³/mol. The molecule has 0 unspecified atom stereocenters. The Balaban J connectivity index is 0.000000218. The highest BCUT2D eigenvalue weighted by Crippen LogP contribution is 2.35. The first-order chi connectivity index (χ1) is 5.22. The molecule has 11 heavy (non-hydrogen) atoms. The molecule has 0 aliphatic carbocycles. The Labute approximate surface area is 76.1 Å². The van der Waals surface area contributed by atoms with Crippen LogP contribution in [-0.4, -0.2) is 15.3 Å². The molecule has 0 aromatic rings. The van der Waals surface area contributed by atoms with E-state index in [1.54, 1.807) is 0 Å². The van der Waals surface area contributed by atoms with Crippen LogP contribution in [0.4, 0.5) is 0 Å². The summed E-state index contributed by atoms with van der Waals surface area (Å²) in [6, 6.07) is 0. The van der Waals surface area contributed by atoms with Gasteiger partial charge >= 0.3 is 0 Å². The van der Waals surface area contributed by atoms with E-state index in [1.807, 2.05) is 0 Å². The molecule has 0 spiro atoms. The Kier molecular flexibility index (Phi) is 6.76. The van der Waals surface area contributed by atoms with Gasteiger partial charge in [0, 0.05) is 0 Å². The number of rotatable bonds is 1. The smallest absolute Gasteiger partial charge is 0.200 e. The zero-order valence-corrected chi connectivity index (χ0v) is 8.47. The summed E-state index contributed by atoms with van der Waals surface area (Å²) in [4.78, 5) is 0. The van der Waals surface area contributed by atoms with Gasteiger partial charge in [0.05, 0.1) is 5.08 Å². The topological polar surface area (TPSA) is 40.5 Å². The highest BCUT2D eigenvalue weighted by molar-refractivity contribution is 8.22. The molecule has 2 N–H and O–H groups in total. The van der Waals surface area contributed by atoms with Crippen LogP contribution < -0.4 is 0 Å². The SMILES string of the molecule is CCCC.OC1=C(O)SCS1. The molecule has 1 aliphatic heterocycles. The maximum absolute atomic E-state index is 8.57. The van der Waals surface area contributed by atoms with Crippen LogP contribution in [-0.2, 0) is 0 Å². The summed E-state index contributed by atoms with van der Waals surface area (Å²) in [5.41, 5.74) is 0. The highest BCUT2D eigenvalue weighted by Gasteiger charge is 2.12. The van der Waals surface area contributed by atoms with Gasteiger partial charge in [-0.3, -0.25) is 0 Å². The molecule has 0 saturated carbocycles. The van der Waals surface area contributed by atoms with Crippen molar-refractivity contribution in [2.75, 3.05) is 5.08 Å². The number of unbranched alkanes of at least 4 members (excludes halogenated alkanes) is 1. The number of thioether (sulfide) groups is 2. The van der Waals surface area contributed by atoms with Gasteiger partial charge in [0.1, 0.15) is 0 Å². The summed E-state index contributed by atoms with van der Waals surface area (Å²) in [6.45, 7) is 4.36. The van der Waals surface area contributed by atoms with Crippen molar-refractivity contribution in [1.29, 1.82) is 0 Å². The predicted octanol–water partition coefficient (Wildman–Crippen LogP) is 3.47. The van der Waals surface area contributed by atoms with Crippen LogP contribution in [0.1, 0.15) is 26.7 Å². The van der Waals surface area contributed by atoms with Crippen molar-refractivity contribution >= 4 is 23.5 Å². The second kappa shape index (κ2) is 6.73. The number of hydrogen-bond acceptors (Lipinski definition) is 4. The van der Waals surface area contributed by atoms with Crippen molar-refractivity contribution in [3.05, 3.63) is 10.2 Å². The van der Waals surface area contributed by atoms with Crippen molar-refractivity contribution in [3.63, 3.8) is 0 Å². The summed E-state index contributed by atoms with van der Waals surface area (Å²) >= 11 is 2.51. The fourth-order valence-corrected chi connectivity index (χ4v) is 1.99. The van der Waals surface area contributed by atoms with Gasteiger partial charge in [-0.1, -0.05) is 50.2 Å². The second-order valence-electron chi connectivity index (χ2n) is 2.02. The standard InChI is InChI=1S/C4H10.C3H4O2S2/c1-3-4-2;4-2-3(5)7-1-6-2/h3-4H2,1-2H3;4-5H,1H2. The third kappa shape index (κ3) is 5.32. The van der Waals surface area contributed by atoms with Crippen LogP contribution in [0.25, 0.3) is 0 Å². The van der Waals surface area contributed by atoms with Gasteiger partial charge in [-0.15, -0.1) is 0 Å². The average molecular weight is 194 g/mol. The molecule has 0 aromatic carbocycles. The van der Waals surface area contributed by atoms with Gasteiger partial charge < -0.3 is 10.2 Å². The number of hydrogen-bond donors (Lipinski definition) is 2. The van der Waals surface area contributed by atoms with Crippen LogP contribution >= 0.6 is 23.5 Å². The summed E-state index contributed by atoms with van der Waals surface area (Å²) < 4.78 is 0. The van der Waals surface area contributed by atoms with Crippen LogP contribution in [0, 0.1) is 0 Å². The van der Waals surface area contributed by atoms with Gasteiger partial charge in [0.25, 0.3) is 0 Å². The highest BCUT2D eigenvalue weighted by atomic mass is 32.2. The van der Waals surface area contributed by atoms with Crippen molar-refractivity contribution in [3.8, 4) is 0 Å². The van der Waals surface area contributed by atoms with E-state index in [4.69, 9.17) is 10.2 Å². The number of aliphatic hydroxyl groups is 2. The lowest BCUT2D eigenvalue weighted by atomic mass is 10.4. The summed E-state index contributed by atoms with van der Waals surface area (Å²) in [5, 5.41) is 18.0. The van der Waals surface area contributed by atoms with Crippen LogP contribution in [0.5, 0.6) is 0 Å². The van der Waals surface area contributed by atoms with Crippen molar-refractivity contribution in [2.45, 2.75) is 26.7 Å². The first-order valence-corrected chi connectivity index (χ1v) is 5.57. The average Bonchev–Trinajstić information content (AvgIpc) is 2.37. The molecule has 0 atom stereocenters. The van der Waals surface area contributed by atoms with E-state index in [0.29, 0.717) is 0 Å². The fraction of sp³-hybridized carbons (Fsp3) is 0.714. The largest absolute Gasteiger partial charge is 0.499 e. The van der Waals surface area contributed by atoms with E-state index in [-0.39, 0.29) is 10.2 Å². The molecular weight excluding hydrogens is 180 g/mol.